The van der Waals surface area contributed by atoms with Crippen molar-refractivity contribution in [1.29, 1.82) is 0 Å². The molecular weight excluding hydrogens is 246 g/mol. The monoisotopic (exact) mass is 265 g/mol. The molecule has 7 heteroatoms. The van der Waals surface area contributed by atoms with E-state index in [9.17, 15) is 8.42 Å². The van der Waals surface area contributed by atoms with Crippen molar-refractivity contribution in [2.75, 3.05) is 25.1 Å². The molecule has 0 saturated carbocycles. The summed E-state index contributed by atoms with van der Waals surface area (Å²) in [6, 6.07) is 0. The first kappa shape index (κ1) is 13.8. The molecule has 1 heterocycles. The second kappa shape index (κ2) is 5.37. The highest BCUT2D eigenvalue weighted by molar-refractivity contribution is 8.13. The van der Waals surface area contributed by atoms with Crippen LogP contribution in [-0.4, -0.2) is 44.2 Å². The fourth-order valence-corrected chi connectivity index (χ4v) is 3.06. The molecule has 5 nitrogen and oxygen atoms in total. The summed E-state index contributed by atoms with van der Waals surface area (Å²) in [6.07, 6.45) is 2.26. The molecule has 0 spiro atoms. The van der Waals surface area contributed by atoms with Crippen LogP contribution in [0.1, 0.15) is 20.3 Å². The van der Waals surface area contributed by atoms with E-state index in [0.29, 0.717) is 13.1 Å². The Balaban J connectivity index is 2.35. The van der Waals surface area contributed by atoms with Crippen molar-refractivity contribution in [3.05, 3.63) is 0 Å². The first-order valence-corrected chi connectivity index (χ1v) is 8.06. The molecule has 0 aromatic carbocycles. The van der Waals surface area contributed by atoms with Crippen LogP contribution in [0.3, 0.4) is 0 Å². The summed E-state index contributed by atoms with van der Waals surface area (Å²) in [5.74, 6) is 1.05. The predicted molar refractivity (Wildman–Crippen MR) is 69.4 cm³/mol. The highest BCUT2D eigenvalue weighted by atomic mass is 32.2. The molecule has 0 aliphatic carbocycles. The number of hydrogen-bond donors (Lipinski definition) is 2. The van der Waals surface area contributed by atoms with Crippen LogP contribution in [0.25, 0.3) is 0 Å². The van der Waals surface area contributed by atoms with Crippen LogP contribution in [-0.2, 0) is 10.0 Å². The van der Waals surface area contributed by atoms with E-state index in [1.54, 1.807) is 11.8 Å². The topological polar surface area (TPSA) is 70.6 Å². The van der Waals surface area contributed by atoms with Crippen molar-refractivity contribution in [2.45, 2.75) is 25.8 Å². The van der Waals surface area contributed by atoms with E-state index in [0.717, 1.165) is 23.6 Å². The number of nitrogens with zero attached hydrogens (tertiary/aromatic N) is 1. The minimum Gasteiger partial charge on any atom is -0.360 e. The lowest BCUT2D eigenvalue weighted by molar-refractivity contribution is 0.446. The van der Waals surface area contributed by atoms with Crippen LogP contribution in [0.4, 0.5) is 0 Å². The maximum Gasteiger partial charge on any atom is 0.208 e. The van der Waals surface area contributed by atoms with Gasteiger partial charge in [0.2, 0.25) is 10.0 Å². The summed E-state index contributed by atoms with van der Waals surface area (Å²) in [5, 5.41) is 4.23. The lowest BCUT2D eigenvalue weighted by Gasteiger charge is -2.32. The zero-order valence-corrected chi connectivity index (χ0v) is 11.5. The zero-order chi connectivity index (χ0) is 12.2. The van der Waals surface area contributed by atoms with Gasteiger partial charge in [-0.15, -0.1) is 0 Å². The van der Waals surface area contributed by atoms with Gasteiger partial charge in [-0.2, -0.15) is 0 Å². The smallest absolute Gasteiger partial charge is 0.208 e. The van der Waals surface area contributed by atoms with Crippen LogP contribution in [0.5, 0.6) is 0 Å². The quantitative estimate of drug-likeness (QED) is 0.722. The van der Waals surface area contributed by atoms with Crippen LogP contribution >= 0.6 is 11.8 Å². The van der Waals surface area contributed by atoms with Crippen LogP contribution < -0.4 is 10.0 Å². The maximum atomic E-state index is 10.8. The Morgan fingerprint density at radius 3 is 2.81 bits per heavy atom. The van der Waals surface area contributed by atoms with Gasteiger partial charge in [-0.3, -0.25) is 4.99 Å². The van der Waals surface area contributed by atoms with Gasteiger partial charge in [0.15, 0.2) is 5.17 Å². The molecule has 0 unspecified atom stereocenters. The van der Waals surface area contributed by atoms with Crippen molar-refractivity contribution >= 4 is 27.0 Å². The van der Waals surface area contributed by atoms with E-state index in [-0.39, 0.29) is 5.54 Å². The number of nitrogens with one attached hydrogen (secondary N) is 2. The van der Waals surface area contributed by atoms with Crippen molar-refractivity contribution < 1.29 is 8.42 Å². The van der Waals surface area contributed by atoms with Gasteiger partial charge in [-0.1, -0.05) is 11.8 Å². The first-order chi connectivity index (χ1) is 7.29. The zero-order valence-electron chi connectivity index (χ0n) is 9.91. The number of rotatable bonds is 4. The Kier molecular flexibility index (Phi) is 4.63. The Morgan fingerprint density at radius 1 is 1.56 bits per heavy atom. The Morgan fingerprint density at radius 2 is 2.25 bits per heavy atom. The van der Waals surface area contributed by atoms with Gasteiger partial charge < -0.3 is 5.32 Å². The normalized spacial score (nSPS) is 23.1. The minimum absolute atomic E-state index is 0.0916. The second-order valence-corrected chi connectivity index (χ2v) is 7.38. The molecule has 1 aliphatic rings. The predicted octanol–water partition coefficient (Wildman–Crippen LogP) is 0.397. The van der Waals surface area contributed by atoms with Gasteiger partial charge in [0.05, 0.1) is 12.8 Å². The summed E-state index contributed by atoms with van der Waals surface area (Å²) < 4.78 is 24.0. The number of sulfonamides is 1. The summed E-state index contributed by atoms with van der Waals surface area (Å²) in [6.45, 7) is 5.09. The summed E-state index contributed by atoms with van der Waals surface area (Å²) in [7, 11) is -3.10. The largest absolute Gasteiger partial charge is 0.360 e. The van der Waals surface area contributed by atoms with Crippen LogP contribution in [0, 0.1) is 0 Å². The van der Waals surface area contributed by atoms with Crippen molar-refractivity contribution in [3.8, 4) is 0 Å². The summed E-state index contributed by atoms with van der Waals surface area (Å²) in [4.78, 5) is 4.32. The Bertz CT molecular complexity index is 363. The average molecular weight is 265 g/mol. The van der Waals surface area contributed by atoms with Gasteiger partial charge in [0.1, 0.15) is 0 Å². The van der Waals surface area contributed by atoms with Crippen molar-refractivity contribution in [2.24, 2.45) is 4.99 Å². The Labute approximate surface area is 102 Å². The SMILES string of the molecule is CC1(C)CCSC(=NCCNS(C)(=O)=O)N1. The third kappa shape index (κ3) is 5.72. The molecule has 2 N–H and O–H groups in total. The lowest BCUT2D eigenvalue weighted by Crippen LogP contribution is -2.46. The third-order valence-electron chi connectivity index (χ3n) is 2.14. The van der Waals surface area contributed by atoms with Gasteiger partial charge >= 0.3 is 0 Å². The van der Waals surface area contributed by atoms with Gasteiger partial charge in [0.25, 0.3) is 0 Å². The highest BCUT2D eigenvalue weighted by Gasteiger charge is 2.23. The summed E-state index contributed by atoms with van der Waals surface area (Å²) in [5.41, 5.74) is 0.0916. The van der Waals surface area contributed by atoms with Gasteiger partial charge in [0, 0.05) is 17.8 Å². The van der Waals surface area contributed by atoms with Gasteiger partial charge in [-0.25, -0.2) is 13.1 Å². The fraction of sp³-hybridized carbons (Fsp3) is 0.889. The average Bonchev–Trinajstić information content (AvgIpc) is 2.09. The number of aliphatic imine (C=N–C) groups is 1. The molecule has 1 saturated heterocycles. The van der Waals surface area contributed by atoms with E-state index < -0.39 is 10.0 Å². The molecule has 1 aliphatic heterocycles. The molecule has 16 heavy (non-hydrogen) atoms. The molecule has 0 amide bonds. The van der Waals surface area contributed by atoms with Crippen LogP contribution in [0.2, 0.25) is 0 Å². The molecule has 0 atom stereocenters. The van der Waals surface area contributed by atoms with Crippen molar-refractivity contribution in [1.82, 2.24) is 10.0 Å². The molecule has 94 valence electrons. The number of thioether (sulfide) groups is 1. The Hall–Kier alpha value is -0.270. The first-order valence-electron chi connectivity index (χ1n) is 5.19. The van der Waals surface area contributed by atoms with Gasteiger partial charge in [-0.05, 0) is 20.3 Å². The molecule has 0 bridgehead atoms. The summed E-state index contributed by atoms with van der Waals surface area (Å²) >= 11 is 1.69. The van der Waals surface area contributed by atoms with E-state index >= 15 is 0 Å². The standard InChI is InChI=1S/C9H19N3O2S2/c1-9(2)4-7-15-8(12-9)10-5-6-11-16(3,13)14/h11H,4-7H2,1-3H3,(H,10,12). The molecule has 0 radical (unpaired) electrons. The highest BCUT2D eigenvalue weighted by Crippen LogP contribution is 2.21. The maximum absolute atomic E-state index is 10.8. The molecular formula is C9H19N3O2S2. The molecule has 1 fully saturated rings. The molecule has 0 aromatic heterocycles. The number of amidine groups is 1. The number of hydrogen-bond acceptors (Lipinski definition) is 4. The third-order valence-corrected chi connectivity index (χ3v) is 3.78. The van der Waals surface area contributed by atoms with Crippen LogP contribution in [0.15, 0.2) is 4.99 Å². The second-order valence-electron chi connectivity index (χ2n) is 4.46. The minimum atomic E-state index is -3.10. The fourth-order valence-electron chi connectivity index (χ4n) is 1.26. The van der Waals surface area contributed by atoms with E-state index in [1.807, 2.05) is 0 Å². The van der Waals surface area contributed by atoms with E-state index in [1.165, 1.54) is 0 Å². The lowest BCUT2D eigenvalue weighted by atomic mass is 10.0. The van der Waals surface area contributed by atoms with Crippen molar-refractivity contribution in [3.63, 3.8) is 0 Å². The molecule has 0 aromatic rings. The molecule has 1 rings (SSSR count). The van der Waals surface area contributed by atoms with E-state index in [2.05, 4.69) is 28.9 Å². The van der Waals surface area contributed by atoms with E-state index in [4.69, 9.17) is 0 Å².